The Morgan fingerprint density at radius 1 is 1.22 bits per heavy atom. The minimum atomic E-state index is -3.50. The van der Waals surface area contributed by atoms with Gasteiger partial charge >= 0.3 is 12.0 Å². The van der Waals surface area contributed by atoms with Crippen molar-refractivity contribution in [3.63, 3.8) is 0 Å². The van der Waals surface area contributed by atoms with Crippen LogP contribution in [0.2, 0.25) is 0 Å². The van der Waals surface area contributed by atoms with Gasteiger partial charge in [-0.3, -0.25) is 4.79 Å². The normalized spacial score (nSPS) is 21.7. The first-order valence-corrected chi connectivity index (χ1v) is 10.3. The van der Waals surface area contributed by atoms with Gasteiger partial charge < -0.3 is 15.3 Å². The summed E-state index contributed by atoms with van der Waals surface area (Å²) in [4.78, 5) is 25.5. The predicted molar refractivity (Wildman–Crippen MR) is 101 cm³/mol. The predicted octanol–water partition coefficient (Wildman–Crippen LogP) is 1.75. The zero-order valence-corrected chi connectivity index (χ0v) is 16.9. The summed E-state index contributed by atoms with van der Waals surface area (Å²) < 4.78 is 25.4. The second-order valence-electron chi connectivity index (χ2n) is 7.31. The molecule has 0 spiro atoms. The van der Waals surface area contributed by atoms with Gasteiger partial charge in [-0.05, 0) is 37.0 Å². The number of amides is 2. The maximum Gasteiger partial charge on any atom is 0.317 e. The highest BCUT2D eigenvalue weighted by molar-refractivity contribution is 7.89. The lowest BCUT2D eigenvalue weighted by Gasteiger charge is -2.35. The molecule has 1 aliphatic heterocycles. The molecule has 0 saturated carbocycles. The van der Waals surface area contributed by atoms with E-state index in [-0.39, 0.29) is 29.4 Å². The van der Waals surface area contributed by atoms with Crippen molar-refractivity contribution in [1.29, 1.82) is 0 Å². The summed E-state index contributed by atoms with van der Waals surface area (Å²) in [6.07, 6.45) is 0.566. The van der Waals surface area contributed by atoms with Gasteiger partial charge in [0.15, 0.2) is 0 Å². The maximum absolute atomic E-state index is 12.5. The highest BCUT2D eigenvalue weighted by Crippen LogP contribution is 2.23. The number of carbonyl (C=O) groups excluding carboxylic acids is 1. The van der Waals surface area contributed by atoms with Crippen LogP contribution in [0.4, 0.5) is 4.79 Å². The molecule has 1 fully saturated rings. The van der Waals surface area contributed by atoms with E-state index in [2.05, 4.69) is 5.32 Å². The van der Waals surface area contributed by atoms with E-state index in [1.54, 1.807) is 19.1 Å². The van der Waals surface area contributed by atoms with E-state index >= 15 is 0 Å². The molecule has 1 aromatic rings. The van der Waals surface area contributed by atoms with Gasteiger partial charge in [0.25, 0.3) is 0 Å². The Labute approximate surface area is 160 Å². The van der Waals surface area contributed by atoms with Crippen molar-refractivity contribution in [3.8, 4) is 0 Å². The van der Waals surface area contributed by atoms with Crippen molar-refractivity contribution in [2.45, 2.75) is 31.2 Å². The third kappa shape index (κ3) is 4.98. The molecule has 8 nitrogen and oxygen atoms in total. The number of piperidine rings is 1. The highest BCUT2D eigenvalue weighted by atomic mass is 32.2. The fourth-order valence-electron chi connectivity index (χ4n) is 3.20. The Balaban J connectivity index is 2.05. The molecule has 1 heterocycles. The average molecular weight is 397 g/mol. The number of aliphatic carboxylic acids is 1. The fourth-order valence-corrected chi connectivity index (χ4v) is 4.10. The first-order chi connectivity index (χ1) is 12.5. The topological polar surface area (TPSA) is 107 Å². The largest absolute Gasteiger partial charge is 0.481 e. The van der Waals surface area contributed by atoms with E-state index in [1.165, 1.54) is 31.1 Å². The van der Waals surface area contributed by atoms with Crippen molar-refractivity contribution in [2.24, 2.45) is 11.8 Å². The number of hydrogen-bond acceptors (Lipinski definition) is 4. The Morgan fingerprint density at radius 2 is 1.81 bits per heavy atom. The van der Waals surface area contributed by atoms with Crippen LogP contribution >= 0.6 is 0 Å². The lowest BCUT2D eigenvalue weighted by atomic mass is 9.91. The van der Waals surface area contributed by atoms with Crippen LogP contribution in [0.25, 0.3) is 0 Å². The van der Waals surface area contributed by atoms with Crippen LogP contribution in [-0.2, 0) is 14.8 Å². The van der Waals surface area contributed by atoms with Crippen LogP contribution in [0.15, 0.2) is 29.2 Å². The summed E-state index contributed by atoms with van der Waals surface area (Å²) in [6, 6.07) is 5.70. The number of hydrogen-bond donors (Lipinski definition) is 2. The molecule has 3 unspecified atom stereocenters. The van der Waals surface area contributed by atoms with Crippen LogP contribution < -0.4 is 5.32 Å². The summed E-state index contributed by atoms with van der Waals surface area (Å²) in [7, 11) is -0.561. The van der Waals surface area contributed by atoms with E-state index in [0.29, 0.717) is 13.0 Å². The van der Waals surface area contributed by atoms with Gasteiger partial charge in [0, 0.05) is 27.2 Å². The standard InChI is InChI=1S/C18H27N3O5S/c1-12-9-15(17(22)23)11-21(10-12)18(24)19-13(2)14-5-7-16(8-6-14)27(25,26)20(3)4/h5-8,12-13,15H,9-11H2,1-4H3,(H,19,24)(H,22,23). The van der Waals surface area contributed by atoms with E-state index in [1.807, 2.05) is 6.92 Å². The molecular weight excluding hydrogens is 370 g/mol. The van der Waals surface area contributed by atoms with Crippen molar-refractivity contribution in [1.82, 2.24) is 14.5 Å². The molecule has 1 aromatic carbocycles. The zero-order valence-electron chi connectivity index (χ0n) is 16.0. The molecule has 2 rings (SSSR count). The van der Waals surface area contributed by atoms with Gasteiger partial charge in [0.1, 0.15) is 0 Å². The quantitative estimate of drug-likeness (QED) is 0.787. The smallest absolute Gasteiger partial charge is 0.317 e. The minimum Gasteiger partial charge on any atom is -0.481 e. The maximum atomic E-state index is 12.5. The number of rotatable bonds is 5. The van der Waals surface area contributed by atoms with Crippen molar-refractivity contribution in [3.05, 3.63) is 29.8 Å². The number of likely N-dealkylation sites (tertiary alicyclic amines) is 1. The van der Waals surface area contributed by atoms with Gasteiger partial charge in [0.2, 0.25) is 10.0 Å². The molecule has 9 heteroatoms. The molecule has 2 amide bonds. The van der Waals surface area contributed by atoms with Crippen molar-refractivity contribution < 1.29 is 23.1 Å². The molecule has 1 aliphatic rings. The number of nitrogens with one attached hydrogen (secondary N) is 1. The molecule has 0 aromatic heterocycles. The summed E-state index contributed by atoms with van der Waals surface area (Å²) in [5, 5.41) is 12.1. The van der Waals surface area contributed by atoms with Gasteiger partial charge in [-0.1, -0.05) is 19.1 Å². The number of nitrogens with zero attached hydrogens (tertiary/aromatic N) is 2. The fraction of sp³-hybridized carbons (Fsp3) is 0.556. The molecule has 2 N–H and O–H groups in total. The molecule has 27 heavy (non-hydrogen) atoms. The lowest BCUT2D eigenvalue weighted by molar-refractivity contribution is -0.143. The number of urea groups is 1. The van der Waals surface area contributed by atoms with Crippen LogP contribution in [0.3, 0.4) is 0 Å². The van der Waals surface area contributed by atoms with Crippen LogP contribution in [0.1, 0.15) is 31.9 Å². The molecule has 0 radical (unpaired) electrons. The Morgan fingerprint density at radius 3 is 2.33 bits per heavy atom. The van der Waals surface area contributed by atoms with Gasteiger partial charge in [-0.25, -0.2) is 17.5 Å². The molecule has 1 saturated heterocycles. The molecule has 0 aliphatic carbocycles. The van der Waals surface area contributed by atoms with E-state index in [9.17, 15) is 23.1 Å². The second-order valence-corrected chi connectivity index (χ2v) is 9.46. The first kappa shape index (κ1) is 21.2. The number of carboxylic acids is 1. The Hall–Kier alpha value is -2.13. The van der Waals surface area contributed by atoms with Crippen molar-refractivity contribution in [2.75, 3.05) is 27.2 Å². The summed E-state index contributed by atoms with van der Waals surface area (Å²) >= 11 is 0. The van der Waals surface area contributed by atoms with E-state index in [4.69, 9.17) is 0 Å². The number of carboxylic acid groups (broad SMARTS) is 1. The van der Waals surface area contributed by atoms with Crippen molar-refractivity contribution >= 4 is 22.0 Å². The monoisotopic (exact) mass is 397 g/mol. The molecule has 3 atom stereocenters. The lowest BCUT2D eigenvalue weighted by Crippen LogP contribution is -2.49. The van der Waals surface area contributed by atoms with Crippen LogP contribution in [0.5, 0.6) is 0 Å². The Kier molecular flexibility index (Phi) is 6.48. The average Bonchev–Trinajstić information content (AvgIpc) is 2.60. The number of carbonyl (C=O) groups is 2. The third-order valence-electron chi connectivity index (χ3n) is 4.79. The summed E-state index contributed by atoms with van der Waals surface area (Å²) in [5.41, 5.74) is 0.765. The zero-order chi connectivity index (χ0) is 20.4. The Bertz CT molecular complexity index is 792. The molecular formula is C18H27N3O5S. The molecule has 150 valence electrons. The SMILES string of the molecule is CC1CC(C(=O)O)CN(C(=O)NC(C)c2ccc(S(=O)(=O)N(C)C)cc2)C1. The van der Waals surface area contributed by atoms with Crippen LogP contribution in [-0.4, -0.2) is 61.9 Å². The van der Waals surface area contributed by atoms with E-state index < -0.39 is 21.9 Å². The van der Waals surface area contributed by atoms with Gasteiger partial charge in [-0.15, -0.1) is 0 Å². The number of sulfonamides is 1. The number of benzene rings is 1. The third-order valence-corrected chi connectivity index (χ3v) is 6.62. The minimum absolute atomic E-state index is 0.122. The highest BCUT2D eigenvalue weighted by Gasteiger charge is 2.32. The van der Waals surface area contributed by atoms with E-state index in [0.717, 1.165) is 9.87 Å². The first-order valence-electron chi connectivity index (χ1n) is 8.83. The van der Waals surface area contributed by atoms with Gasteiger partial charge in [0.05, 0.1) is 16.9 Å². The second kappa shape index (κ2) is 8.26. The summed E-state index contributed by atoms with van der Waals surface area (Å²) in [6.45, 7) is 4.44. The van der Waals surface area contributed by atoms with Crippen LogP contribution in [0, 0.1) is 11.8 Å². The molecule has 0 bridgehead atoms. The van der Waals surface area contributed by atoms with Gasteiger partial charge in [-0.2, -0.15) is 0 Å². The summed E-state index contributed by atoms with van der Waals surface area (Å²) in [5.74, 6) is -1.31.